The Hall–Kier alpha value is -2.52. The highest BCUT2D eigenvalue weighted by atomic mass is 79.9. The van der Waals surface area contributed by atoms with Crippen molar-refractivity contribution < 1.29 is 27.5 Å². The lowest BCUT2D eigenvalue weighted by molar-refractivity contribution is -0.139. The average molecular weight is 690 g/mol. The number of allylic oxidation sites excluding steroid dienone is 1. The Labute approximate surface area is 258 Å². The van der Waals surface area contributed by atoms with Crippen LogP contribution in [0.1, 0.15) is 52.2 Å². The molecule has 0 saturated heterocycles. The lowest BCUT2D eigenvalue weighted by Crippen LogP contribution is -2.33. The number of hydrogen-bond acceptors (Lipinski definition) is 3. The Balaban J connectivity index is 1.43. The van der Waals surface area contributed by atoms with Crippen LogP contribution in [0.4, 0.5) is 13.2 Å². The van der Waals surface area contributed by atoms with E-state index < -0.39 is 17.5 Å². The maximum atomic E-state index is 13.9. The molecule has 3 aromatic rings. The van der Waals surface area contributed by atoms with Crippen LogP contribution in [0.3, 0.4) is 0 Å². The molecule has 4 rings (SSSR count). The molecule has 0 radical (unpaired) electrons. The minimum absolute atomic E-state index is 0.0196. The van der Waals surface area contributed by atoms with Crippen LogP contribution < -0.4 is 10.1 Å². The Morgan fingerprint density at radius 1 is 1.05 bits per heavy atom. The molecule has 1 amide bonds. The predicted molar refractivity (Wildman–Crippen MR) is 159 cm³/mol. The number of carbonyl (C=O) groups is 2. The van der Waals surface area contributed by atoms with Crippen LogP contribution in [-0.2, 0) is 11.3 Å². The first-order valence-electron chi connectivity index (χ1n) is 12.5. The van der Waals surface area contributed by atoms with Crippen LogP contribution in [0.2, 0.25) is 15.1 Å². The van der Waals surface area contributed by atoms with Crippen molar-refractivity contribution in [2.24, 2.45) is 5.41 Å². The Kier molecular flexibility index (Phi) is 9.79. The number of nitrogens with one attached hydrogen (secondary N) is 1. The molecular weight excluding hydrogens is 666 g/mol. The van der Waals surface area contributed by atoms with Crippen molar-refractivity contribution >= 4 is 68.5 Å². The summed E-state index contributed by atoms with van der Waals surface area (Å²) in [6.07, 6.45) is -1.08. The number of ether oxygens (including phenoxy) is 1. The molecular formula is C30H24BrCl3F3NO3. The Morgan fingerprint density at radius 2 is 1.68 bits per heavy atom. The number of hydrogen-bond donors (Lipinski definition) is 1. The van der Waals surface area contributed by atoms with E-state index in [1.54, 1.807) is 31.4 Å². The van der Waals surface area contributed by atoms with Crippen molar-refractivity contribution in [2.75, 3.05) is 7.11 Å². The van der Waals surface area contributed by atoms with Crippen molar-refractivity contribution in [1.29, 1.82) is 0 Å². The van der Waals surface area contributed by atoms with E-state index in [9.17, 15) is 22.8 Å². The summed E-state index contributed by atoms with van der Waals surface area (Å²) < 4.78 is 47.2. The summed E-state index contributed by atoms with van der Waals surface area (Å²) in [5.41, 5.74) is 0.775. The number of alkyl halides is 3. The fraction of sp³-hybridized carbons (Fsp3) is 0.267. The van der Waals surface area contributed by atoms with Gasteiger partial charge in [0, 0.05) is 23.0 Å². The van der Waals surface area contributed by atoms with E-state index in [1.807, 2.05) is 12.1 Å². The quantitative estimate of drug-likeness (QED) is 0.171. The van der Waals surface area contributed by atoms with E-state index in [2.05, 4.69) is 21.2 Å². The number of ketones is 1. The molecule has 0 spiro atoms. The third kappa shape index (κ3) is 7.66. The maximum Gasteiger partial charge on any atom is 0.399 e. The fourth-order valence-corrected chi connectivity index (χ4v) is 5.61. The van der Waals surface area contributed by atoms with E-state index in [0.29, 0.717) is 40.7 Å². The van der Waals surface area contributed by atoms with Gasteiger partial charge in [-0.3, -0.25) is 9.59 Å². The zero-order valence-electron chi connectivity index (χ0n) is 21.6. The lowest BCUT2D eigenvalue weighted by atomic mass is 9.93. The van der Waals surface area contributed by atoms with E-state index in [4.69, 9.17) is 39.5 Å². The molecule has 1 N–H and O–H groups in total. The number of Topliss-reactive ketones (excluding diaryl/α,β-unsaturated/α-hetero) is 1. The highest BCUT2D eigenvalue weighted by Crippen LogP contribution is 2.50. The lowest BCUT2D eigenvalue weighted by Gasteiger charge is -2.18. The number of halogens is 7. The molecule has 216 valence electrons. The molecule has 0 aromatic heterocycles. The number of amides is 1. The molecule has 1 aliphatic carbocycles. The van der Waals surface area contributed by atoms with Gasteiger partial charge in [-0.1, -0.05) is 81.1 Å². The van der Waals surface area contributed by atoms with Crippen LogP contribution in [0.5, 0.6) is 5.75 Å². The predicted octanol–water partition coefficient (Wildman–Crippen LogP) is 9.45. The number of benzene rings is 3. The van der Waals surface area contributed by atoms with E-state index >= 15 is 0 Å². The molecule has 4 nitrogen and oxygen atoms in total. The molecule has 1 unspecified atom stereocenters. The molecule has 1 aliphatic rings. The summed E-state index contributed by atoms with van der Waals surface area (Å²) in [6.45, 7) is 0.330. The first kappa shape index (κ1) is 31.4. The van der Waals surface area contributed by atoms with Crippen molar-refractivity contribution in [1.82, 2.24) is 5.32 Å². The molecule has 1 saturated carbocycles. The molecule has 0 heterocycles. The van der Waals surface area contributed by atoms with Gasteiger partial charge in [0.1, 0.15) is 5.75 Å². The first-order valence-corrected chi connectivity index (χ1v) is 14.4. The number of methoxy groups -OCH3 is 1. The first-order chi connectivity index (χ1) is 19.3. The normalized spacial score (nSPS) is 15.0. The van der Waals surface area contributed by atoms with E-state index in [-0.39, 0.29) is 38.7 Å². The second kappa shape index (κ2) is 12.8. The summed E-state index contributed by atoms with van der Waals surface area (Å²) in [7, 11) is 1.58. The van der Waals surface area contributed by atoms with E-state index in [1.165, 1.54) is 12.1 Å². The highest BCUT2D eigenvalue weighted by Gasteiger charge is 2.51. The van der Waals surface area contributed by atoms with Crippen molar-refractivity contribution in [3.63, 3.8) is 0 Å². The molecule has 0 bridgehead atoms. The smallest absolute Gasteiger partial charge is 0.399 e. The van der Waals surface area contributed by atoms with Gasteiger partial charge in [-0.15, -0.1) is 0 Å². The van der Waals surface area contributed by atoms with Gasteiger partial charge < -0.3 is 10.1 Å². The largest absolute Gasteiger partial charge is 0.497 e. The monoisotopic (exact) mass is 687 g/mol. The van der Waals surface area contributed by atoms with Gasteiger partial charge in [-0.2, -0.15) is 13.2 Å². The van der Waals surface area contributed by atoms with Crippen LogP contribution in [-0.4, -0.2) is 25.0 Å². The summed E-state index contributed by atoms with van der Waals surface area (Å²) in [6, 6.07) is 14.2. The molecule has 1 fully saturated rings. The molecule has 11 heteroatoms. The topological polar surface area (TPSA) is 55.4 Å². The third-order valence-electron chi connectivity index (χ3n) is 6.94. The van der Waals surface area contributed by atoms with Gasteiger partial charge in [-0.25, -0.2) is 0 Å². The number of rotatable bonds is 10. The van der Waals surface area contributed by atoms with Crippen molar-refractivity contribution in [3.05, 3.63) is 102 Å². The minimum Gasteiger partial charge on any atom is -0.497 e. The molecule has 0 aliphatic heterocycles. The van der Waals surface area contributed by atoms with Crippen molar-refractivity contribution in [2.45, 2.75) is 37.9 Å². The van der Waals surface area contributed by atoms with Gasteiger partial charge in [0.2, 0.25) is 5.91 Å². The Bertz CT molecular complexity index is 1470. The summed E-state index contributed by atoms with van der Waals surface area (Å²) >= 11 is 21.2. The van der Waals surface area contributed by atoms with Gasteiger partial charge >= 0.3 is 6.18 Å². The maximum absolute atomic E-state index is 13.9. The second-order valence-electron chi connectivity index (χ2n) is 9.83. The highest BCUT2D eigenvalue weighted by molar-refractivity contribution is 9.10. The van der Waals surface area contributed by atoms with Crippen LogP contribution in [0.25, 0.3) is 6.08 Å². The fourth-order valence-electron chi connectivity index (χ4n) is 4.38. The van der Waals surface area contributed by atoms with Gasteiger partial charge in [0.05, 0.1) is 33.5 Å². The standard InChI is InChI=1S/C30H24BrCl3F3NO3/c1-41-20-6-2-18(3-7-20)16-38-28(40)29(10-11-29)15-26(39)21-8-4-17(12-23(21)31)5-9-22(30(35,36)37)19-13-24(32)27(34)25(33)14-19/h2-9,12-14,22H,10-11,15-16H2,1H3,(H,38,40)/b9-5+. The summed E-state index contributed by atoms with van der Waals surface area (Å²) in [5, 5.41) is 2.74. The van der Waals surface area contributed by atoms with E-state index in [0.717, 1.165) is 23.8 Å². The van der Waals surface area contributed by atoms with Gasteiger partial charge in [-0.05, 0) is 65.9 Å². The zero-order valence-corrected chi connectivity index (χ0v) is 25.5. The summed E-state index contributed by atoms with van der Waals surface area (Å²) in [5.74, 6) is -1.69. The number of carbonyl (C=O) groups excluding carboxylic acids is 2. The van der Waals surface area contributed by atoms with Crippen LogP contribution in [0, 0.1) is 5.41 Å². The van der Waals surface area contributed by atoms with Gasteiger partial charge in [0.25, 0.3) is 0 Å². The SMILES string of the molecule is COc1ccc(CNC(=O)C2(CC(=O)c3ccc(/C=C/C(c4cc(Cl)c(Cl)c(Cl)c4)C(F)(F)F)cc3Br)CC2)cc1. The summed E-state index contributed by atoms with van der Waals surface area (Å²) in [4.78, 5) is 26.0. The zero-order chi connectivity index (χ0) is 29.9. The molecule has 41 heavy (non-hydrogen) atoms. The average Bonchev–Trinajstić information content (AvgIpc) is 3.70. The third-order valence-corrected chi connectivity index (χ3v) is 8.79. The van der Waals surface area contributed by atoms with Crippen LogP contribution >= 0.6 is 50.7 Å². The minimum atomic E-state index is -4.61. The van der Waals surface area contributed by atoms with Crippen molar-refractivity contribution in [3.8, 4) is 5.75 Å². The molecule has 1 atom stereocenters. The molecule has 3 aromatic carbocycles. The van der Waals surface area contributed by atoms with Crippen LogP contribution in [0.15, 0.2) is 65.1 Å². The second-order valence-corrected chi connectivity index (χ2v) is 11.9. The van der Waals surface area contributed by atoms with Gasteiger partial charge in [0.15, 0.2) is 5.78 Å². The Morgan fingerprint density at radius 3 is 2.22 bits per heavy atom.